The lowest BCUT2D eigenvalue weighted by Crippen LogP contribution is -2.03. The summed E-state index contributed by atoms with van der Waals surface area (Å²) in [5.41, 5.74) is 9.24. The quantitative estimate of drug-likeness (QED) is 0.796. The van der Waals surface area contributed by atoms with Gasteiger partial charge in [-0.05, 0) is 35.7 Å². The summed E-state index contributed by atoms with van der Waals surface area (Å²) in [5.74, 6) is 0.925. The van der Waals surface area contributed by atoms with Gasteiger partial charge in [0.05, 0.1) is 6.61 Å². The van der Waals surface area contributed by atoms with E-state index in [1.165, 1.54) is 12.0 Å². The van der Waals surface area contributed by atoms with Crippen LogP contribution in [0.15, 0.2) is 48.5 Å². The van der Waals surface area contributed by atoms with Crippen molar-refractivity contribution >= 4 is 5.69 Å². The Morgan fingerprint density at radius 1 is 0.947 bits per heavy atom. The van der Waals surface area contributed by atoms with Gasteiger partial charge in [-0.15, -0.1) is 0 Å². The first-order valence-electron chi connectivity index (χ1n) is 6.84. The molecule has 19 heavy (non-hydrogen) atoms. The maximum atomic E-state index is 5.90. The highest BCUT2D eigenvalue weighted by molar-refractivity contribution is 5.46. The second-order valence-corrected chi connectivity index (χ2v) is 4.69. The molecule has 0 radical (unpaired) electrons. The maximum Gasteiger partial charge on any atom is 0.119 e. The highest BCUT2D eigenvalue weighted by atomic mass is 16.5. The van der Waals surface area contributed by atoms with Crippen LogP contribution in [-0.2, 0) is 12.8 Å². The summed E-state index contributed by atoms with van der Waals surface area (Å²) in [6.45, 7) is 2.84. The molecule has 2 rings (SSSR count). The van der Waals surface area contributed by atoms with Gasteiger partial charge in [0.1, 0.15) is 5.75 Å². The smallest absolute Gasteiger partial charge is 0.119 e. The van der Waals surface area contributed by atoms with Crippen molar-refractivity contribution in [1.82, 2.24) is 0 Å². The highest BCUT2D eigenvalue weighted by Gasteiger charge is 1.99. The van der Waals surface area contributed by atoms with E-state index in [0.29, 0.717) is 6.61 Å². The van der Waals surface area contributed by atoms with Gasteiger partial charge in [0.15, 0.2) is 0 Å². The lowest BCUT2D eigenvalue weighted by atomic mass is 10.1. The molecule has 0 aliphatic heterocycles. The molecule has 0 spiro atoms. The van der Waals surface area contributed by atoms with Crippen LogP contribution in [0.5, 0.6) is 5.75 Å². The molecule has 0 unspecified atom stereocenters. The van der Waals surface area contributed by atoms with Gasteiger partial charge >= 0.3 is 0 Å². The third-order valence-electron chi connectivity index (χ3n) is 3.16. The predicted molar refractivity (Wildman–Crippen MR) is 80.5 cm³/mol. The third-order valence-corrected chi connectivity index (χ3v) is 3.16. The minimum atomic E-state index is 0.654. The largest absolute Gasteiger partial charge is 0.493 e. The van der Waals surface area contributed by atoms with Crippen LogP contribution in [0.3, 0.4) is 0 Å². The molecule has 0 heterocycles. The molecule has 100 valence electrons. The van der Waals surface area contributed by atoms with Crippen LogP contribution >= 0.6 is 0 Å². The predicted octanol–water partition coefficient (Wildman–Crippen LogP) is 3.84. The van der Waals surface area contributed by atoms with Crippen molar-refractivity contribution in [3.05, 3.63) is 59.7 Å². The summed E-state index contributed by atoms with van der Waals surface area (Å²) >= 11 is 0. The molecule has 2 nitrogen and oxygen atoms in total. The molecule has 0 aliphatic carbocycles. The van der Waals surface area contributed by atoms with Gasteiger partial charge in [-0.3, -0.25) is 0 Å². The van der Waals surface area contributed by atoms with Crippen LogP contribution in [0, 0.1) is 0 Å². The molecule has 0 atom stereocenters. The van der Waals surface area contributed by atoms with Gasteiger partial charge in [0.2, 0.25) is 0 Å². The number of benzene rings is 2. The molecule has 2 heteroatoms. The second-order valence-electron chi connectivity index (χ2n) is 4.69. The summed E-state index contributed by atoms with van der Waals surface area (Å²) in [4.78, 5) is 0. The van der Waals surface area contributed by atoms with Crippen molar-refractivity contribution in [3.63, 3.8) is 0 Å². The summed E-state index contributed by atoms with van der Waals surface area (Å²) < 4.78 is 5.74. The normalized spacial score (nSPS) is 10.4. The Hall–Kier alpha value is -1.96. The van der Waals surface area contributed by atoms with Crippen LogP contribution in [-0.4, -0.2) is 6.61 Å². The lowest BCUT2D eigenvalue weighted by molar-refractivity contribution is 0.322. The molecule has 0 saturated heterocycles. The molecule has 0 aromatic heterocycles. The van der Waals surface area contributed by atoms with Crippen molar-refractivity contribution in [2.45, 2.75) is 26.2 Å². The lowest BCUT2D eigenvalue weighted by Gasteiger charge is -2.08. The molecular weight excluding hydrogens is 234 g/mol. The molecular formula is C17H21NO. The minimum absolute atomic E-state index is 0.654. The van der Waals surface area contributed by atoms with E-state index in [1.54, 1.807) is 0 Å². The summed E-state index contributed by atoms with van der Waals surface area (Å²) in [7, 11) is 0. The SMILES string of the molecule is CCCc1ccc(OCCc2ccccc2N)cc1. The van der Waals surface area contributed by atoms with E-state index in [2.05, 4.69) is 19.1 Å². The molecule has 2 N–H and O–H groups in total. The van der Waals surface area contributed by atoms with E-state index in [1.807, 2.05) is 36.4 Å². The monoisotopic (exact) mass is 255 g/mol. The van der Waals surface area contributed by atoms with Crippen LogP contribution in [0.4, 0.5) is 5.69 Å². The van der Waals surface area contributed by atoms with Crippen molar-refractivity contribution < 1.29 is 4.74 Å². The van der Waals surface area contributed by atoms with E-state index in [4.69, 9.17) is 10.5 Å². The molecule has 0 saturated carbocycles. The van der Waals surface area contributed by atoms with Gasteiger partial charge in [-0.2, -0.15) is 0 Å². The van der Waals surface area contributed by atoms with Gasteiger partial charge in [0.25, 0.3) is 0 Å². The van der Waals surface area contributed by atoms with E-state index in [0.717, 1.165) is 29.8 Å². The average Bonchev–Trinajstić information content (AvgIpc) is 2.43. The van der Waals surface area contributed by atoms with Crippen LogP contribution in [0.25, 0.3) is 0 Å². The van der Waals surface area contributed by atoms with E-state index < -0.39 is 0 Å². The van der Waals surface area contributed by atoms with Crippen molar-refractivity contribution in [2.24, 2.45) is 0 Å². The molecule has 0 aliphatic rings. The van der Waals surface area contributed by atoms with Gasteiger partial charge in [-0.25, -0.2) is 0 Å². The first-order valence-corrected chi connectivity index (χ1v) is 6.84. The van der Waals surface area contributed by atoms with Crippen LogP contribution < -0.4 is 10.5 Å². The fraction of sp³-hybridized carbons (Fsp3) is 0.294. The van der Waals surface area contributed by atoms with Crippen LogP contribution in [0.2, 0.25) is 0 Å². The number of nitrogen functional groups attached to an aromatic ring is 1. The Kier molecular flexibility index (Phi) is 4.85. The Balaban J connectivity index is 1.84. The topological polar surface area (TPSA) is 35.2 Å². The number of para-hydroxylation sites is 1. The number of aryl methyl sites for hydroxylation is 1. The fourth-order valence-electron chi connectivity index (χ4n) is 2.08. The number of nitrogens with two attached hydrogens (primary N) is 1. The van der Waals surface area contributed by atoms with Gasteiger partial charge in [-0.1, -0.05) is 43.7 Å². The number of hydrogen-bond donors (Lipinski definition) is 1. The zero-order chi connectivity index (χ0) is 13.5. The molecule has 0 bridgehead atoms. The summed E-state index contributed by atoms with van der Waals surface area (Å²) in [6, 6.07) is 16.3. The Labute approximate surface area is 115 Å². The van der Waals surface area contributed by atoms with Gasteiger partial charge < -0.3 is 10.5 Å². The Morgan fingerprint density at radius 3 is 2.37 bits per heavy atom. The van der Waals surface area contributed by atoms with E-state index in [9.17, 15) is 0 Å². The fourth-order valence-corrected chi connectivity index (χ4v) is 2.08. The standard InChI is InChI=1S/C17H21NO/c1-2-5-14-8-10-16(11-9-14)19-13-12-15-6-3-4-7-17(15)18/h3-4,6-11H,2,5,12-13,18H2,1H3. The zero-order valence-electron chi connectivity index (χ0n) is 11.4. The molecule has 0 fully saturated rings. The number of rotatable bonds is 6. The first-order chi connectivity index (χ1) is 9.29. The van der Waals surface area contributed by atoms with Gasteiger partial charge in [0, 0.05) is 12.1 Å². The number of ether oxygens (including phenoxy) is 1. The van der Waals surface area contributed by atoms with Crippen molar-refractivity contribution in [1.29, 1.82) is 0 Å². The van der Waals surface area contributed by atoms with Crippen LogP contribution in [0.1, 0.15) is 24.5 Å². The van der Waals surface area contributed by atoms with Crippen molar-refractivity contribution in [3.8, 4) is 5.75 Å². The molecule has 0 amide bonds. The Morgan fingerprint density at radius 2 is 1.68 bits per heavy atom. The first kappa shape index (κ1) is 13.5. The third kappa shape index (κ3) is 4.02. The second kappa shape index (κ2) is 6.83. The van der Waals surface area contributed by atoms with Crippen molar-refractivity contribution in [2.75, 3.05) is 12.3 Å². The number of anilines is 1. The molecule has 2 aromatic carbocycles. The highest BCUT2D eigenvalue weighted by Crippen LogP contribution is 2.15. The average molecular weight is 255 g/mol. The Bertz CT molecular complexity index is 505. The van der Waals surface area contributed by atoms with E-state index >= 15 is 0 Å². The maximum absolute atomic E-state index is 5.90. The zero-order valence-corrected chi connectivity index (χ0v) is 11.4. The molecule has 2 aromatic rings. The minimum Gasteiger partial charge on any atom is -0.493 e. The van der Waals surface area contributed by atoms with E-state index in [-0.39, 0.29) is 0 Å². The summed E-state index contributed by atoms with van der Waals surface area (Å²) in [6.07, 6.45) is 3.14. The summed E-state index contributed by atoms with van der Waals surface area (Å²) in [5, 5.41) is 0. The number of hydrogen-bond acceptors (Lipinski definition) is 2.